The molecule has 2 aliphatic rings. The van der Waals surface area contributed by atoms with E-state index in [2.05, 4.69) is 63.6 Å². The number of benzene rings is 1. The molecule has 8 heteroatoms. The molecule has 2 atom stereocenters. The van der Waals surface area contributed by atoms with Gasteiger partial charge in [0.05, 0.1) is 22.4 Å². The Morgan fingerprint density at radius 3 is 2.72 bits per heavy atom. The van der Waals surface area contributed by atoms with E-state index < -0.39 is 0 Å². The van der Waals surface area contributed by atoms with Crippen LogP contribution in [-0.2, 0) is 4.74 Å². The van der Waals surface area contributed by atoms with Gasteiger partial charge in [-0.25, -0.2) is 4.98 Å². The third-order valence-corrected chi connectivity index (χ3v) is 7.03. The van der Waals surface area contributed by atoms with Gasteiger partial charge in [-0.2, -0.15) is 9.61 Å². The third kappa shape index (κ3) is 4.10. The molecule has 166 valence electrons. The molecule has 7 nitrogen and oxygen atoms in total. The molecule has 0 aliphatic carbocycles. The van der Waals surface area contributed by atoms with Crippen LogP contribution in [0.3, 0.4) is 0 Å². The Labute approximate surface area is 195 Å². The molecule has 0 amide bonds. The van der Waals surface area contributed by atoms with Gasteiger partial charge in [0, 0.05) is 42.6 Å². The fraction of sp³-hybridized carbons (Fsp3) is 0.375. The minimum atomic E-state index is 0.0407. The van der Waals surface area contributed by atoms with Crippen molar-refractivity contribution < 1.29 is 4.74 Å². The van der Waals surface area contributed by atoms with Gasteiger partial charge in [-0.3, -0.25) is 4.99 Å². The first-order valence-corrected chi connectivity index (χ1v) is 11.9. The van der Waals surface area contributed by atoms with Gasteiger partial charge < -0.3 is 15.8 Å². The number of halogens is 1. The lowest BCUT2D eigenvalue weighted by molar-refractivity contribution is 0.0753. The minimum Gasteiger partial charge on any atom is -0.383 e. The topological polar surface area (TPSA) is 89.8 Å². The monoisotopic (exact) mass is 494 g/mol. The van der Waals surface area contributed by atoms with Crippen LogP contribution >= 0.6 is 15.9 Å². The molecule has 2 unspecified atom stereocenters. The lowest BCUT2D eigenvalue weighted by Crippen LogP contribution is -2.37. The highest BCUT2D eigenvalue weighted by Crippen LogP contribution is 2.33. The van der Waals surface area contributed by atoms with Crippen molar-refractivity contribution in [1.29, 1.82) is 0 Å². The molecule has 0 saturated carbocycles. The van der Waals surface area contributed by atoms with Crippen molar-refractivity contribution in [2.24, 2.45) is 4.99 Å². The first kappa shape index (κ1) is 21.3. The summed E-state index contributed by atoms with van der Waals surface area (Å²) < 4.78 is 7.96. The number of aliphatic imine (C=N–C) groups is 1. The average Bonchev–Trinajstić information content (AvgIpc) is 3.27. The summed E-state index contributed by atoms with van der Waals surface area (Å²) in [6.07, 6.45) is 8.82. The first-order valence-electron chi connectivity index (χ1n) is 11.1. The fourth-order valence-electron chi connectivity index (χ4n) is 4.40. The van der Waals surface area contributed by atoms with Crippen molar-refractivity contribution in [3.8, 4) is 0 Å². The molecule has 1 aromatic carbocycles. The zero-order valence-corrected chi connectivity index (χ0v) is 19.6. The number of nitrogen functional groups attached to an aromatic ring is 1. The fourth-order valence-corrected chi connectivity index (χ4v) is 5.00. The number of aromatic nitrogens is 3. The highest BCUT2D eigenvalue weighted by molar-refractivity contribution is 9.10. The van der Waals surface area contributed by atoms with Crippen molar-refractivity contribution in [2.45, 2.75) is 44.3 Å². The standard InChI is InChI=1S/C24H27BrN6O/c1-15(29-18-9-11-32-12-10-18)22-21(25)23(26)31-24(30-22)19(14-28-31)17-7-8-20(27-13-17)16-5-3-2-4-6-16/h2-7,13-15,18,20,29H,8-12,26H2,1H3. The van der Waals surface area contributed by atoms with Gasteiger partial charge >= 0.3 is 0 Å². The van der Waals surface area contributed by atoms with E-state index in [1.165, 1.54) is 5.56 Å². The number of nitrogens with one attached hydrogen (secondary N) is 1. The van der Waals surface area contributed by atoms with Crippen LogP contribution in [0.2, 0.25) is 0 Å². The largest absolute Gasteiger partial charge is 0.383 e. The Balaban J connectivity index is 1.44. The predicted molar refractivity (Wildman–Crippen MR) is 131 cm³/mol. The number of hydrogen-bond donors (Lipinski definition) is 2. The van der Waals surface area contributed by atoms with Gasteiger partial charge in [0.2, 0.25) is 0 Å². The summed E-state index contributed by atoms with van der Waals surface area (Å²) in [5, 5.41) is 8.19. The third-order valence-electron chi connectivity index (χ3n) is 6.22. The minimum absolute atomic E-state index is 0.0407. The van der Waals surface area contributed by atoms with E-state index in [0.717, 1.165) is 59.4 Å². The number of rotatable bonds is 5. The smallest absolute Gasteiger partial charge is 0.165 e. The average molecular weight is 495 g/mol. The SMILES string of the molecule is CC(NC1CCOCC1)c1nc2c(C3=CCC(c4ccccc4)N=C3)cnn2c(N)c1Br. The molecule has 2 aromatic heterocycles. The Kier molecular flexibility index (Phi) is 6.08. The number of hydrogen-bond acceptors (Lipinski definition) is 6. The second-order valence-electron chi connectivity index (χ2n) is 8.36. The second kappa shape index (κ2) is 9.13. The lowest BCUT2D eigenvalue weighted by atomic mass is 9.98. The second-order valence-corrected chi connectivity index (χ2v) is 9.16. The number of allylic oxidation sites excluding steroid dienone is 1. The van der Waals surface area contributed by atoms with E-state index in [1.54, 1.807) is 4.52 Å². The van der Waals surface area contributed by atoms with Crippen LogP contribution in [0.4, 0.5) is 5.82 Å². The highest BCUT2D eigenvalue weighted by atomic mass is 79.9. The zero-order valence-electron chi connectivity index (χ0n) is 18.0. The van der Waals surface area contributed by atoms with Gasteiger partial charge in [-0.15, -0.1) is 0 Å². The summed E-state index contributed by atoms with van der Waals surface area (Å²) in [5.74, 6) is 0.549. The van der Waals surface area contributed by atoms with Gasteiger partial charge in [-0.05, 0) is 47.7 Å². The molecule has 3 aromatic rings. The Hall–Kier alpha value is -2.55. The van der Waals surface area contributed by atoms with E-state index in [0.29, 0.717) is 11.9 Å². The summed E-state index contributed by atoms with van der Waals surface area (Å²) in [4.78, 5) is 9.79. The molecule has 1 fully saturated rings. The van der Waals surface area contributed by atoms with Gasteiger partial charge in [0.25, 0.3) is 0 Å². The summed E-state index contributed by atoms with van der Waals surface area (Å²) >= 11 is 3.65. The van der Waals surface area contributed by atoms with E-state index in [9.17, 15) is 0 Å². The van der Waals surface area contributed by atoms with Crippen LogP contribution in [0, 0.1) is 0 Å². The zero-order chi connectivity index (χ0) is 22.1. The summed E-state index contributed by atoms with van der Waals surface area (Å²) in [5.41, 5.74) is 11.3. The maximum atomic E-state index is 6.44. The number of ether oxygens (including phenoxy) is 1. The molecular formula is C24H27BrN6O. The Morgan fingerprint density at radius 2 is 2.00 bits per heavy atom. The van der Waals surface area contributed by atoms with E-state index in [-0.39, 0.29) is 12.1 Å². The molecule has 0 spiro atoms. The van der Waals surface area contributed by atoms with Crippen LogP contribution < -0.4 is 11.1 Å². The van der Waals surface area contributed by atoms with Gasteiger partial charge in [-0.1, -0.05) is 36.4 Å². The van der Waals surface area contributed by atoms with Crippen molar-refractivity contribution in [3.63, 3.8) is 0 Å². The van der Waals surface area contributed by atoms with E-state index in [4.69, 9.17) is 20.4 Å². The highest BCUT2D eigenvalue weighted by Gasteiger charge is 2.24. The van der Waals surface area contributed by atoms with Crippen molar-refractivity contribution in [3.05, 3.63) is 63.9 Å². The number of nitrogens with two attached hydrogens (primary N) is 1. The molecule has 2 aliphatic heterocycles. The van der Waals surface area contributed by atoms with Crippen LogP contribution in [-0.4, -0.2) is 40.1 Å². The quantitative estimate of drug-likeness (QED) is 0.544. The molecule has 0 bridgehead atoms. The molecule has 4 heterocycles. The van der Waals surface area contributed by atoms with Crippen LogP contribution in [0.5, 0.6) is 0 Å². The molecule has 5 rings (SSSR count). The number of fused-ring (bicyclic) bond motifs is 1. The van der Waals surface area contributed by atoms with Crippen LogP contribution in [0.1, 0.15) is 55.1 Å². The molecule has 32 heavy (non-hydrogen) atoms. The van der Waals surface area contributed by atoms with Crippen LogP contribution in [0.15, 0.2) is 52.1 Å². The number of anilines is 1. The maximum Gasteiger partial charge on any atom is 0.165 e. The maximum absolute atomic E-state index is 6.44. The summed E-state index contributed by atoms with van der Waals surface area (Å²) in [6.45, 7) is 3.72. The Bertz CT molecular complexity index is 1170. The van der Waals surface area contributed by atoms with E-state index >= 15 is 0 Å². The van der Waals surface area contributed by atoms with Crippen LogP contribution in [0.25, 0.3) is 11.2 Å². The first-order chi connectivity index (χ1) is 15.6. The molecule has 1 saturated heterocycles. The Morgan fingerprint density at radius 1 is 1.22 bits per heavy atom. The van der Waals surface area contributed by atoms with Crippen molar-refractivity contribution in [2.75, 3.05) is 18.9 Å². The normalized spacial score (nSPS) is 20.4. The molecular weight excluding hydrogens is 468 g/mol. The van der Waals surface area contributed by atoms with Gasteiger partial charge in [0.1, 0.15) is 5.82 Å². The molecule has 3 N–H and O–H groups in total. The van der Waals surface area contributed by atoms with Crippen molar-refractivity contribution in [1.82, 2.24) is 19.9 Å². The number of nitrogens with zero attached hydrogens (tertiary/aromatic N) is 4. The van der Waals surface area contributed by atoms with Gasteiger partial charge in [0.15, 0.2) is 5.65 Å². The number of dihydropyridines is 1. The lowest BCUT2D eigenvalue weighted by Gasteiger charge is -2.27. The summed E-state index contributed by atoms with van der Waals surface area (Å²) in [6, 6.07) is 11.0. The molecule has 0 radical (unpaired) electrons. The predicted octanol–water partition coefficient (Wildman–Crippen LogP) is 4.50. The van der Waals surface area contributed by atoms with Crippen molar-refractivity contribution >= 4 is 39.2 Å². The van der Waals surface area contributed by atoms with E-state index in [1.807, 2.05) is 18.5 Å². The summed E-state index contributed by atoms with van der Waals surface area (Å²) in [7, 11) is 0.